The first kappa shape index (κ1) is 14.6. The minimum atomic E-state index is -4.50. The fourth-order valence-corrected chi connectivity index (χ4v) is 2.74. The van der Waals surface area contributed by atoms with Crippen molar-refractivity contribution >= 4 is 38.4 Å². The first-order valence-electron chi connectivity index (χ1n) is 5.61. The number of rotatable bonds is 1. The van der Waals surface area contributed by atoms with Crippen LogP contribution in [0.2, 0.25) is 5.02 Å². The summed E-state index contributed by atoms with van der Waals surface area (Å²) in [5, 5.41) is 0.645. The highest BCUT2D eigenvalue weighted by Crippen LogP contribution is 2.38. The number of hydrogen-bond donors (Lipinski definition) is 0. The second-order valence-corrected chi connectivity index (χ2v) is 5.51. The summed E-state index contributed by atoms with van der Waals surface area (Å²) in [5.41, 5.74) is 0.0919. The molecular weight excluding hydrogens is 343 g/mol. The van der Waals surface area contributed by atoms with E-state index in [4.69, 9.17) is 11.6 Å². The van der Waals surface area contributed by atoms with Crippen LogP contribution in [-0.4, -0.2) is 4.98 Å². The van der Waals surface area contributed by atoms with Crippen LogP contribution in [0.25, 0.3) is 10.9 Å². The number of halogens is 5. The third kappa shape index (κ3) is 2.58. The molecule has 0 unspecified atom stereocenters. The molecule has 1 aromatic carbocycles. The van der Waals surface area contributed by atoms with Gasteiger partial charge in [0.25, 0.3) is 0 Å². The maximum absolute atomic E-state index is 12.9. The zero-order valence-electron chi connectivity index (χ0n) is 10.2. The lowest BCUT2D eigenvalue weighted by Crippen LogP contribution is -2.11. The molecule has 0 amide bonds. The van der Waals surface area contributed by atoms with Gasteiger partial charge in [-0.1, -0.05) is 34.5 Å². The molecule has 1 heterocycles. The molecule has 0 aliphatic heterocycles. The molecule has 0 radical (unpaired) electrons. The Balaban J connectivity index is 2.93. The van der Waals surface area contributed by atoms with Gasteiger partial charge in [-0.25, -0.2) is 4.98 Å². The van der Waals surface area contributed by atoms with Crippen LogP contribution in [0, 0.1) is 6.92 Å². The zero-order chi connectivity index (χ0) is 14.4. The highest BCUT2D eigenvalue weighted by Gasteiger charge is 2.36. The van der Waals surface area contributed by atoms with Gasteiger partial charge in [0, 0.05) is 9.86 Å². The van der Waals surface area contributed by atoms with Gasteiger partial charge in [-0.2, -0.15) is 13.2 Å². The molecule has 0 fully saturated rings. The molecular formula is C13H10BrClF3N. The van der Waals surface area contributed by atoms with E-state index in [9.17, 15) is 13.2 Å². The van der Waals surface area contributed by atoms with E-state index >= 15 is 0 Å². The van der Waals surface area contributed by atoms with Gasteiger partial charge >= 0.3 is 6.18 Å². The smallest absolute Gasteiger partial charge is 0.243 e. The van der Waals surface area contributed by atoms with Gasteiger partial charge in [0.05, 0.1) is 10.5 Å². The van der Waals surface area contributed by atoms with Gasteiger partial charge in [-0.3, -0.25) is 0 Å². The number of aromatic nitrogens is 1. The van der Waals surface area contributed by atoms with Crippen molar-refractivity contribution in [3.63, 3.8) is 0 Å². The van der Waals surface area contributed by atoms with E-state index in [2.05, 4.69) is 20.9 Å². The molecule has 1 nitrogen and oxygen atoms in total. The van der Waals surface area contributed by atoms with Crippen molar-refractivity contribution in [1.29, 1.82) is 0 Å². The molecule has 0 aliphatic carbocycles. The Morgan fingerprint density at radius 2 is 1.95 bits per heavy atom. The van der Waals surface area contributed by atoms with Gasteiger partial charge in [-0.05, 0) is 36.6 Å². The summed E-state index contributed by atoms with van der Waals surface area (Å²) in [6.45, 7) is 3.20. The van der Waals surface area contributed by atoms with E-state index in [1.54, 1.807) is 12.1 Å². The number of nitrogens with zero attached hydrogens (tertiary/aromatic N) is 1. The average Bonchev–Trinajstić information content (AvgIpc) is 2.31. The monoisotopic (exact) mass is 351 g/mol. The lowest BCUT2D eigenvalue weighted by molar-refractivity contribution is -0.141. The summed E-state index contributed by atoms with van der Waals surface area (Å²) in [5.74, 6) is 0. The highest BCUT2D eigenvalue weighted by atomic mass is 79.9. The molecule has 0 bridgehead atoms. The second kappa shape index (κ2) is 4.94. The zero-order valence-corrected chi connectivity index (χ0v) is 12.5. The van der Waals surface area contributed by atoms with Crippen LogP contribution in [0.15, 0.2) is 16.6 Å². The van der Waals surface area contributed by atoms with Crippen LogP contribution < -0.4 is 0 Å². The second-order valence-electron chi connectivity index (χ2n) is 4.21. The quantitative estimate of drug-likeness (QED) is 0.656. The van der Waals surface area contributed by atoms with Crippen LogP contribution in [0.5, 0.6) is 0 Å². The first-order valence-corrected chi connectivity index (χ1v) is 6.78. The van der Waals surface area contributed by atoms with Crippen molar-refractivity contribution in [2.45, 2.75) is 26.4 Å². The van der Waals surface area contributed by atoms with Crippen LogP contribution in [0.1, 0.15) is 23.7 Å². The van der Waals surface area contributed by atoms with E-state index in [0.29, 0.717) is 17.3 Å². The maximum atomic E-state index is 12.9. The fourth-order valence-electron chi connectivity index (χ4n) is 2.00. The summed E-state index contributed by atoms with van der Waals surface area (Å²) in [4.78, 5) is 3.79. The molecule has 6 heteroatoms. The molecule has 0 atom stereocenters. The minimum absolute atomic E-state index is 0.0400. The molecule has 0 aliphatic rings. The normalized spacial score (nSPS) is 12.2. The summed E-state index contributed by atoms with van der Waals surface area (Å²) < 4.78 is 39.6. The van der Waals surface area contributed by atoms with Gasteiger partial charge in [0.1, 0.15) is 5.69 Å². The molecule has 2 rings (SSSR count). The van der Waals surface area contributed by atoms with E-state index in [1.807, 2.05) is 6.92 Å². The third-order valence-electron chi connectivity index (χ3n) is 2.95. The Kier molecular flexibility index (Phi) is 3.80. The third-order valence-corrected chi connectivity index (χ3v) is 3.89. The topological polar surface area (TPSA) is 12.9 Å². The number of alkyl halides is 3. The average molecular weight is 353 g/mol. The molecule has 0 saturated heterocycles. The highest BCUT2D eigenvalue weighted by molar-refractivity contribution is 9.10. The lowest BCUT2D eigenvalue weighted by atomic mass is 10.0. The predicted molar refractivity (Wildman–Crippen MR) is 73.6 cm³/mol. The molecule has 2 aromatic rings. The fraction of sp³-hybridized carbons (Fsp3) is 0.308. The predicted octanol–water partition coefficient (Wildman–Crippen LogP) is 5.54. The van der Waals surface area contributed by atoms with Gasteiger partial charge < -0.3 is 0 Å². The van der Waals surface area contributed by atoms with E-state index in [0.717, 1.165) is 10.0 Å². The Morgan fingerprint density at radius 3 is 2.47 bits per heavy atom. The van der Waals surface area contributed by atoms with Crippen molar-refractivity contribution in [2.24, 2.45) is 0 Å². The van der Waals surface area contributed by atoms with E-state index in [-0.39, 0.29) is 10.6 Å². The summed E-state index contributed by atoms with van der Waals surface area (Å²) >= 11 is 9.41. The molecule has 0 N–H and O–H groups in total. The van der Waals surface area contributed by atoms with Gasteiger partial charge in [0.2, 0.25) is 0 Å². The van der Waals surface area contributed by atoms with Crippen molar-refractivity contribution in [3.8, 4) is 0 Å². The van der Waals surface area contributed by atoms with Crippen LogP contribution in [0.3, 0.4) is 0 Å². The lowest BCUT2D eigenvalue weighted by Gasteiger charge is -2.14. The van der Waals surface area contributed by atoms with Crippen LogP contribution >= 0.6 is 27.5 Å². The van der Waals surface area contributed by atoms with Crippen LogP contribution in [0.4, 0.5) is 13.2 Å². The number of benzene rings is 1. The SMILES string of the molecule is CCc1cc(Br)cc2c(Cl)c(C)c(C(F)(F)F)nc12. The standard InChI is InChI=1S/C13H10BrClF3N/c1-3-7-4-8(14)5-9-10(15)6(2)12(13(16,17)18)19-11(7)9/h4-5H,3H2,1-2H3. The van der Waals surface area contributed by atoms with Gasteiger partial charge in [-0.15, -0.1) is 0 Å². The summed E-state index contributed by atoms with van der Waals surface area (Å²) in [6, 6.07) is 3.46. The largest absolute Gasteiger partial charge is 0.433 e. The number of aryl methyl sites for hydroxylation is 1. The van der Waals surface area contributed by atoms with Gasteiger partial charge in [0.15, 0.2) is 0 Å². The molecule has 102 valence electrons. The Morgan fingerprint density at radius 1 is 1.32 bits per heavy atom. The van der Waals surface area contributed by atoms with Crippen molar-refractivity contribution in [2.75, 3.05) is 0 Å². The van der Waals surface area contributed by atoms with Crippen LogP contribution in [-0.2, 0) is 12.6 Å². The molecule has 0 spiro atoms. The first-order chi connectivity index (χ1) is 8.75. The molecule has 19 heavy (non-hydrogen) atoms. The molecule has 0 saturated carbocycles. The molecule has 1 aromatic heterocycles. The Bertz CT molecular complexity index is 653. The Labute approximate surface area is 121 Å². The van der Waals surface area contributed by atoms with E-state index < -0.39 is 11.9 Å². The minimum Gasteiger partial charge on any atom is -0.243 e. The number of hydrogen-bond acceptors (Lipinski definition) is 1. The van der Waals surface area contributed by atoms with Crippen molar-refractivity contribution in [1.82, 2.24) is 4.98 Å². The Hall–Kier alpha value is -0.810. The van der Waals surface area contributed by atoms with Crippen molar-refractivity contribution < 1.29 is 13.2 Å². The number of fused-ring (bicyclic) bond motifs is 1. The maximum Gasteiger partial charge on any atom is 0.433 e. The van der Waals surface area contributed by atoms with E-state index in [1.165, 1.54) is 6.92 Å². The number of pyridine rings is 1. The van der Waals surface area contributed by atoms with Crippen molar-refractivity contribution in [3.05, 3.63) is 38.4 Å². The summed E-state index contributed by atoms with van der Waals surface area (Å²) in [6.07, 6.45) is -3.92. The summed E-state index contributed by atoms with van der Waals surface area (Å²) in [7, 11) is 0.